The van der Waals surface area contributed by atoms with Crippen molar-refractivity contribution >= 4 is 11.6 Å². The molecule has 0 spiro atoms. The molecule has 0 fully saturated rings. The Morgan fingerprint density at radius 1 is 1.14 bits per heavy atom. The number of ether oxygens (including phenoxy) is 1. The predicted molar refractivity (Wildman–Crippen MR) is 84.6 cm³/mol. The van der Waals surface area contributed by atoms with Crippen LogP contribution in [0.25, 0.3) is 0 Å². The van der Waals surface area contributed by atoms with Crippen LogP contribution in [-0.2, 0) is 11.2 Å². The average Bonchev–Trinajstić information content (AvgIpc) is 2.53. The number of anilines is 1. The molecular formula is C17H19FN2O2. The molecule has 0 unspecified atom stereocenters. The summed E-state index contributed by atoms with van der Waals surface area (Å²) in [5, 5.41) is 5.77. The molecule has 4 nitrogen and oxygen atoms in total. The first-order valence-electron chi connectivity index (χ1n) is 7.07. The molecule has 0 radical (unpaired) electrons. The lowest BCUT2D eigenvalue weighted by atomic mass is 10.1. The molecule has 0 bridgehead atoms. The molecule has 2 aromatic carbocycles. The van der Waals surface area contributed by atoms with E-state index in [1.807, 2.05) is 12.1 Å². The van der Waals surface area contributed by atoms with Gasteiger partial charge in [0.05, 0.1) is 19.3 Å². The van der Waals surface area contributed by atoms with Gasteiger partial charge in [-0.1, -0.05) is 30.3 Å². The second-order valence-electron chi connectivity index (χ2n) is 4.77. The fourth-order valence-corrected chi connectivity index (χ4v) is 2.07. The van der Waals surface area contributed by atoms with Crippen LogP contribution in [0.5, 0.6) is 5.75 Å². The number of halogens is 1. The molecule has 0 aliphatic carbocycles. The molecule has 5 heteroatoms. The summed E-state index contributed by atoms with van der Waals surface area (Å²) in [6.45, 7) is 0.687. The van der Waals surface area contributed by atoms with Crippen LogP contribution in [0.2, 0.25) is 0 Å². The summed E-state index contributed by atoms with van der Waals surface area (Å²) in [5.41, 5.74) is 1.27. The maximum Gasteiger partial charge on any atom is 0.238 e. The van der Waals surface area contributed by atoms with Crippen molar-refractivity contribution in [1.82, 2.24) is 5.32 Å². The minimum absolute atomic E-state index is 0.159. The maximum atomic E-state index is 13.4. The number of nitrogens with one attached hydrogen (secondary N) is 2. The lowest BCUT2D eigenvalue weighted by Gasteiger charge is -2.10. The summed E-state index contributed by atoms with van der Waals surface area (Å²) < 4.78 is 18.6. The summed E-state index contributed by atoms with van der Waals surface area (Å²) in [6, 6.07) is 13.8. The standard InChI is InChI=1S/C17H19FN2O2/c1-22-16-9-5-4-8-15(16)20-17(21)12-19-11-10-13-6-2-3-7-14(13)18/h2-9,19H,10-12H2,1H3,(H,20,21). The summed E-state index contributed by atoms with van der Waals surface area (Å²) in [6.07, 6.45) is 0.536. The van der Waals surface area contributed by atoms with Crippen molar-refractivity contribution in [1.29, 1.82) is 0 Å². The SMILES string of the molecule is COc1ccccc1NC(=O)CNCCc1ccccc1F. The van der Waals surface area contributed by atoms with Gasteiger partial charge in [0.15, 0.2) is 0 Å². The molecule has 2 aromatic rings. The smallest absolute Gasteiger partial charge is 0.238 e. The van der Waals surface area contributed by atoms with E-state index >= 15 is 0 Å². The van der Waals surface area contributed by atoms with Gasteiger partial charge in [-0.25, -0.2) is 4.39 Å². The highest BCUT2D eigenvalue weighted by molar-refractivity contribution is 5.93. The normalized spacial score (nSPS) is 10.3. The first-order chi connectivity index (χ1) is 10.7. The first kappa shape index (κ1) is 16.0. The second-order valence-corrected chi connectivity index (χ2v) is 4.77. The van der Waals surface area contributed by atoms with E-state index in [-0.39, 0.29) is 18.3 Å². The molecule has 0 aliphatic rings. The largest absolute Gasteiger partial charge is 0.495 e. The minimum Gasteiger partial charge on any atom is -0.495 e. The lowest BCUT2D eigenvalue weighted by molar-refractivity contribution is -0.115. The summed E-state index contributed by atoms with van der Waals surface area (Å²) in [4.78, 5) is 11.9. The van der Waals surface area contributed by atoms with E-state index in [0.717, 1.165) is 0 Å². The molecule has 2 N–H and O–H groups in total. The zero-order valence-electron chi connectivity index (χ0n) is 12.4. The molecule has 0 heterocycles. The van der Waals surface area contributed by atoms with Crippen molar-refractivity contribution in [3.63, 3.8) is 0 Å². The van der Waals surface area contributed by atoms with Crippen LogP contribution < -0.4 is 15.4 Å². The Hall–Kier alpha value is -2.40. The fourth-order valence-electron chi connectivity index (χ4n) is 2.07. The molecule has 0 aromatic heterocycles. The Morgan fingerprint density at radius 2 is 1.86 bits per heavy atom. The van der Waals surface area contributed by atoms with E-state index in [0.29, 0.717) is 30.0 Å². The van der Waals surface area contributed by atoms with E-state index in [9.17, 15) is 9.18 Å². The maximum absolute atomic E-state index is 13.4. The highest BCUT2D eigenvalue weighted by atomic mass is 19.1. The average molecular weight is 302 g/mol. The number of methoxy groups -OCH3 is 1. The van der Waals surface area contributed by atoms with Crippen molar-refractivity contribution in [3.8, 4) is 5.75 Å². The minimum atomic E-state index is -0.220. The zero-order valence-corrected chi connectivity index (χ0v) is 12.4. The molecule has 1 amide bonds. The Labute approximate surface area is 129 Å². The third-order valence-corrected chi connectivity index (χ3v) is 3.20. The highest BCUT2D eigenvalue weighted by Crippen LogP contribution is 2.22. The van der Waals surface area contributed by atoms with Crippen molar-refractivity contribution in [2.24, 2.45) is 0 Å². The van der Waals surface area contributed by atoms with Crippen LogP contribution >= 0.6 is 0 Å². The van der Waals surface area contributed by atoms with Crippen molar-refractivity contribution in [3.05, 3.63) is 59.9 Å². The highest BCUT2D eigenvalue weighted by Gasteiger charge is 2.06. The molecular weight excluding hydrogens is 283 g/mol. The third kappa shape index (κ3) is 4.56. The van der Waals surface area contributed by atoms with E-state index in [4.69, 9.17) is 4.74 Å². The van der Waals surface area contributed by atoms with E-state index < -0.39 is 0 Å². The number of carbonyl (C=O) groups excluding carboxylic acids is 1. The van der Waals surface area contributed by atoms with Crippen LogP contribution in [0.15, 0.2) is 48.5 Å². The Kier molecular flexibility index (Phi) is 5.91. The monoisotopic (exact) mass is 302 g/mol. The van der Waals surface area contributed by atoms with Gasteiger partial charge in [-0.3, -0.25) is 4.79 Å². The Bertz CT molecular complexity index is 632. The number of hydrogen-bond acceptors (Lipinski definition) is 3. The van der Waals surface area contributed by atoms with Crippen LogP contribution in [-0.4, -0.2) is 26.1 Å². The van der Waals surface area contributed by atoms with Gasteiger partial charge in [0, 0.05) is 0 Å². The zero-order chi connectivity index (χ0) is 15.8. The fraction of sp³-hybridized carbons (Fsp3) is 0.235. The Morgan fingerprint density at radius 3 is 2.64 bits per heavy atom. The summed E-state index contributed by atoms with van der Waals surface area (Å²) >= 11 is 0. The van der Waals surface area contributed by atoms with Crippen LogP contribution in [0.3, 0.4) is 0 Å². The molecule has 2 rings (SSSR count). The van der Waals surface area contributed by atoms with Crippen molar-refractivity contribution in [2.75, 3.05) is 25.5 Å². The van der Waals surface area contributed by atoms with Crippen molar-refractivity contribution in [2.45, 2.75) is 6.42 Å². The molecule has 0 aliphatic heterocycles. The van der Waals surface area contributed by atoms with Crippen LogP contribution in [0.4, 0.5) is 10.1 Å². The van der Waals surface area contributed by atoms with Crippen LogP contribution in [0.1, 0.15) is 5.56 Å². The van der Waals surface area contributed by atoms with Crippen LogP contribution in [0, 0.1) is 5.82 Å². The second kappa shape index (κ2) is 8.14. The molecule has 0 saturated heterocycles. The molecule has 0 saturated carbocycles. The van der Waals surface area contributed by atoms with E-state index in [1.165, 1.54) is 6.07 Å². The lowest BCUT2D eigenvalue weighted by Crippen LogP contribution is -2.29. The Balaban J connectivity index is 1.75. The number of para-hydroxylation sites is 2. The van der Waals surface area contributed by atoms with Gasteiger partial charge in [0.2, 0.25) is 5.91 Å². The molecule has 22 heavy (non-hydrogen) atoms. The van der Waals surface area contributed by atoms with Gasteiger partial charge in [0.25, 0.3) is 0 Å². The quantitative estimate of drug-likeness (QED) is 0.773. The first-order valence-corrected chi connectivity index (χ1v) is 7.07. The number of benzene rings is 2. The third-order valence-electron chi connectivity index (χ3n) is 3.20. The predicted octanol–water partition coefficient (Wildman–Crippen LogP) is 2.61. The number of hydrogen-bond donors (Lipinski definition) is 2. The molecule has 116 valence electrons. The van der Waals surface area contributed by atoms with Gasteiger partial charge >= 0.3 is 0 Å². The number of carbonyl (C=O) groups is 1. The van der Waals surface area contributed by atoms with Gasteiger partial charge < -0.3 is 15.4 Å². The van der Waals surface area contributed by atoms with Gasteiger partial charge in [-0.05, 0) is 36.7 Å². The number of amides is 1. The summed E-state index contributed by atoms with van der Waals surface area (Å²) in [7, 11) is 1.55. The van der Waals surface area contributed by atoms with Gasteiger partial charge in [-0.15, -0.1) is 0 Å². The molecule has 0 atom stereocenters. The van der Waals surface area contributed by atoms with Gasteiger partial charge in [0.1, 0.15) is 11.6 Å². The topological polar surface area (TPSA) is 50.4 Å². The van der Waals surface area contributed by atoms with E-state index in [1.54, 1.807) is 37.4 Å². The van der Waals surface area contributed by atoms with E-state index in [2.05, 4.69) is 10.6 Å². The van der Waals surface area contributed by atoms with Crippen molar-refractivity contribution < 1.29 is 13.9 Å². The summed E-state index contributed by atoms with van der Waals surface area (Å²) in [5.74, 6) is 0.225. The number of rotatable bonds is 7. The van der Waals surface area contributed by atoms with Gasteiger partial charge in [-0.2, -0.15) is 0 Å².